The molecule has 2 rings (SSSR count). The number of halogens is 5. The zero-order chi connectivity index (χ0) is 12.7. The summed E-state index contributed by atoms with van der Waals surface area (Å²) in [6.07, 6.45) is 0. The van der Waals surface area contributed by atoms with Crippen molar-refractivity contribution in [2.75, 3.05) is 0 Å². The van der Waals surface area contributed by atoms with Crippen molar-refractivity contribution in [3.05, 3.63) is 60.7 Å². The van der Waals surface area contributed by atoms with E-state index in [1.54, 1.807) is 0 Å². The molecule has 0 fully saturated rings. The monoisotopic (exact) mass is 370 g/mol. The summed E-state index contributed by atoms with van der Waals surface area (Å²) in [7, 11) is -6.00. The second-order valence-corrected chi connectivity index (χ2v) is 3.23. The zero-order valence-corrected chi connectivity index (χ0v) is 11.9. The molecule has 0 heterocycles. The van der Waals surface area contributed by atoms with Crippen molar-refractivity contribution < 1.29 is 41.2 Å². The molecule has 0 aliphatic carbocycles. The number of rotatable bonds is 1. The second kappa shape index (κ2) is 8.13. The van der Waals surface area contributed by atoms with E-state index in [-0.39, 0.29) is 24.0 Å². The Morgan fingerprint density at radius 1 is 0.556 bits per heavy atom. The summed E-state index contributed by atoms with van der Waals surface area (Å²) in [6.45, 7) is 0. The Morgan fingerprint density at radius 3 is 1.00 bits per heavy atom. The fourth-order valence-corrected chi connectivity index (χ4v) is 1.26. The quantitative estimate of drug-likeness (QED) is 0.401. The van der Waals surface area contributed by atoms with Crippen LogP contribution in [0.15, 0.2) is 60.7 Å². The molecule has 0 N–H and O–H groups in total. The lowest BCUT2D eigenvalue weighted by atomic mass is 10.1. The molecule has 0 bridgehead atoms. The van der Waals surface area contributed by atoms with Gasteiger partial charge in [-0.05, 0) is 11.1 Å². The van der Waals surface area contributed by atoms with Crippen molar-refractivity contribution in [2.45, 2.75) is 0 Å². The lowest BCUT2D eigenvalue weighted by molar-refractivity contribution is -0.00000903. The normalized spacial score (nSPS) is 9.78. The van der Waals surface area contributed by atoms with Gasteiger partial charge in [0.15, 0.2) is 0 Å². The molecule has 0 radical (unpaired) electrons. The van der Waals surface area contributed by atoms with E-state index in [1.807, 2.05) is 12.1 Å². The maximum absolute atomic E-state index is 9.75. The maximum atomic E-state index is 9.75. The van der Waals surface area contributed by atoms with Crippen LogP contribution < -0.4 is 24.0 Å². The molecular weight excluding hydrogens is 358 g/mol. The highest BCUT2D eigenvalue weighted by molar-refractivity contribution is 6.50. The van der Waals surface area contributed by atoms with E-state index in [9.17, 15) is 17.3 Å². The zero-order valence-electron chi connectivity index (χ0n) is 9.31. The number of benzene rings is 2. The van der Waals surface area contributed by atoms with Crippen LogP contribution in [0.5, 0.6) is 0 Å². The molecule has 0 saturated carbocycles. The highest BCUT2D eigenvalue weighted by Gasteiger charge is 2.20. The first-order valence-electron chi connectivity index (χ1n) is 4.94. The van der Waals surface area contributed by atoms with Crippen LogP contribution >= 0.6 is 0 Å². The van der Waals surface area contributed by atoms with Gasteiger partial charge < -0.3 is 17.3 Å². The number of hydrogen-bond donors (Lipinski definition) is 0. The second-order valence-electron chi connectivity index (χ2n) is 3.23. The molecule has 0 nitrogen and oxygen atoms in total. The summed E-state index contributed by atoms with van der Waals surface area (Å²) in [5.41, 5.74) is 2.55. The third-order valence-electron chi connectivity index (χ3n) is 1.88. The van der Waals surface area contributed by atoms with Crippen LogP contribution in [0, 0.1) is 0 Å². The maximum Gasteiger partial charge on any atom is 0.673 e. The van der Waals surface area contributed by atoms with E-state index in [0.717, 1.165) is 0 Å². The van der Waals surface area contributed by atoms with Crippen molar-refractivity contribution in [2.24, 2.45) is 0 Å². The van der Waals surface area contributed by atoms with E-state index in [2.05, 4.69) is 48.5 Å². The van der Waals surface area contributed by atoms with Gasteiger partial charge in [0.2, 0.25) is 24.0 Å². The van der Waals surface area contributed by atoms with Gasteiger partial charge in [0, 0.05) is 0 Å². The van der Waals surface area contributed by atoms with Gasteiger partial charge in [-0.15, -0.1) is 0 Å². The van der Waals surface area contributed by atoms with Crippen LogP contribution in [0.2, 0.25) is 0 Å². The van der Waals surface area contributed by atoms with Crippen molar-refractivity contribution in [1.82, 2.24) is 0 Å². The van der Waals surface area contributed by atoms with Gasteiger partial charge >= 0.3 is 7.25 Å². The summed E-state index contributed by atoms with van der Waals surface area (Å²) < 4.78 is 39.0. The Bertz CT molecular complexity index is 387. The van der Waals surface area contributed by atoms with E-state index in [0.29, 0.717) is 0 Å². The molecule has 6 heteroatoms. The topological polar surface area (TPSA) is 0 Å². The molecular formula is C12H12BF4I. The van der Waals surface area contributed by atoms with Gasteiger partial charge in [-0.3, -0.25) is 0 Å². The lowest BCUT2D eigenvalue weighted by Gasteiger charge is -1.98. The van der Waals surface area contributed by atoms with Crippen molar-refractivity contribution in [3.63, 3.8) is 0 Å². The molecule has 0 aromatic heterocycles. The third kappa shape index (κ3) is 8.11. The molecule has 0 spiro atoms. The summed E-state index contributed by atoms with van der Waals surface area (Å²) in [4.78, 5) is 0. The van der Waals surface area contributed by atoms with Gasteiger partial charge in [0.05, 0.1) is 0 Å². The van der Waals surface area contributed by atoms with Crippen LogP contribution in [0.4, 0.5) is 17.3 Å². The molecule has 0 aliphatic rings. The first kappa shape index (κ1) is 17.0. The van der Waals surface area contributed by atoms with E-state index in [4.69, 9.17) is 0 Å². The minimum atomic E-state index is -6.00. The Labute approximate surface area is 120 Å². The van der Waals surface area contributed by atoms with Gasteiger partial charge in [-0.1, -0.05) is 60.7 Å². The Kier molecular flexibility index (Phi) is 7.65. The van der Waals surface area contributed by atoms with Gasteiger partial charge in [0.25, 0.3) is 0 Å². The third-order valence-corrected chi connectivity index (χ3v) is 1.88. The SMILES string of the molecule is F[B-](F)(F)F.[IH2+].c1ccc(-c2ccccc2)cc1. The minimum Gasteiger partial charge on any atom is -0.418 e. The Morgan fingerprint density at radius 2 is 0.778 bits per heavy atom. The van der Waals surface area contributed by atoms with Gasteiger partial charge in [-0.25, -0.2) is 0 Å². The predicted molar refractivity (Wildman–Crippen MR) is 64.9 cm³/mol. The van der Waals surface area contributed by atoms with Gasteiger partial charge in [0.1, 0.15) is 0 Å². The average molecular weight is 370 g/mol. The van der Waals surface area contributed by atoms with E-state index >= 15 is 0 Å². The average Bonchev–Trinajstić information content (AvgIpc) is 2.29. The van der Waals surface area contributed by atoms with Crippen LogP contribution in [-0.2, 0) is 0 Å². The first-order valence-corrected chi connectivity index (χ1v) is 4.94. The lowest BCUT2D eigenvalue weighted by Crippen LogP contribution is -3.00. The first-order chi connectivity index (χ1) is 7.97. The van der Waals surface area contributed by atoms with Gasteiger partial charge in [-0.2, -0.15) is 0 Å². The minimum absolute atomic E-state index is 0. The molecule has 0 aliphatic heterocycles. The summed E-state index contributed by atoms with van der Waals surface area (Å²) in [5, 5.41) is 0. The number of hydrogen-bond acceptors (Lipinski definition) is 0. The van der Waals surface area contributed by atoms with Crippen molar-refractivity contribution >= 4 is 7.25 Å². The highest BCUT2D eigenvalue weighted by Crippen LogP contribution is 2.17. The molecule has 2 aromatic rings. The molecule has 0 amide bonds. The largest absolute Gasteiger partial charge is 0.673 e. The summed E-state index contributed by atoms with van der Waals surface area (Å²) in [6, 6.07) is 20.8. The smallest absolute Gasteiger partial charge is 0.418 e. The van der Waals surface area contributed by atoms with Crippen molar-refractivity contribution in [3.8, 4) is 11.1 Å². The molecule has 0 unspecified atom stereocenters. The standard InChI is InChI=1S/C12H10.BF4.H2I/c1-3-7-11(8-4-1)12-9-5-2-6-10-12;2-1(3,4)5;/h1-10H;;1H2/q;-1;+1. The van der Waals surface area contributed by atoms with E-state index < -0.39 is 7.25 Å². The van der Waals surface area contributed by atoms with E-state index in [1.165, 1.54) is 11.1 Å². The molecule has 0 atom stereocenters. The molecule has 18 heavy (non-hydrogen) atoms. The fourth-order valence-electron chi connectivity index (χ4n) is 1.26. The van der Waals surface area contributed by atoms with Crippen molar-refractivity contribution in [1.29, 1.82) is 0 Å². The van der Waals surface area contributed by atoms with Crippen LogP contribution in [-0.4, -0.2) is 7.25 Å². The summed E-state index contributed by atoms with van der Waals surface area (Å²) in [5.74, 6) is 0. The molecule has 98 valence electrons. The van der Waals surface area contributed by atoms with Crippen LogP contribution in [0.25, 0.3) is 11.1 Å². The van der Waals surface area contributed by atoms with Crippen LogP contribution in [0.3, 0.4) is 0 Å². The molecule has 0 saturated heterocycles. The predicted octanol–water partition coefficient (Wildman–Crippen LogP) is 1.12. The Hall–Kier alpha value is -1.05. The molecule has 2 aromatic carbocycles. The fraction of sp³-hybridized carbons (Fsp3) is 0. The van der Waals surface area contributed by atoms with Crippen LogP contribution in [0.1, 0.15) is 0 Å². The highest BCUT2D eigenvalue weighted by atomic mass is 127. The summed E-state index contributed by atoms with van der Waals surface area (Å²) >= 11 is 0. The Balaban J connectivity index is 0.000000421.